The molecule has 27 heavy (non-hydrogen) atoms. The molecule has 1 aromatic carbocycles. The predicted octanol–water partition coefficient (Wildman–Crippen LogP) is 1.28. The van der Waals surface area contributed by atoms with Crippen LogP contribution in [-0.2, 0) is 9.59 Å². The van der Waals surface area contributed by atoms with E-state index in [0.717, 1.165) is 12.8 Å². The Labute approximate surface area is 159 Å². The Morgan fingerprint density at radius 2 is 2.11 bits per heavy atom. The van der Waals surface area contributed by atoms with Gasteiger partial charge in [-0.3, -0.25) is 9.59 Å². The molecule has 2 aliphatic rings. The summed E-state index contributed by atoms with van der Waals surface area (Å²) >= 11 is 1.17. The van der Waals surface area contributed by atoms with Crippen LogP contribution in [0, 0.1) is 5.92 Å². The molecule has 1 aromatic heterocycles. The molecule has 3 heterocycles. The van der Waals surface area contributed by atoms with Crippen molar-refractivity contribution in [3.63, 3.8) is 0 Å². The minimum atomic E-state index is -0.356. The van der Waals surface area contributed by atoms with Crippen molar-refractivity contribution in [2.45, 2.75) is 18.1 Å². The Hall–Kier alpha value is -2.75. The third kappa shape index (κ3) is 3.85. The number of ether oxygens (including phenoxy) is 2. The van der Waals surface area contributed by atoms with Gasteiger partial charge < -0.3 is 24.5 Å². The topological polar surface area (TPSA) is 121 Å². The van der Waals surface area contributed by atoms with E-state index in [9.17, 15) is 9.59 Å². The van der Waals surface area contributed by atoms with Crippen LogP contribution < -0.4 is 15.2 Å². The lowest BCUT2D eigenvalue weighted by atomic mass is 9.97. The highest BCUT2D eigenvalue weighted by atomic mass is 32.2. The number of primary amides is 1. The number of carbonyl (C=O) groups excluding carboxylic acids is 2. The second-order valence-corrected chi connectivity index (χ2v) is 7.24. The number of amides is 2. The van der Waals surface area contributed by atoms with Gasteiger partial charge in [-0.25, -0.2) is 0 Å². The number of likely N-dealkylation sites (tertiary alicyclic amines) is 1. The summed E-state index contributed by atoms with van der Waals surface area (Å²) in [6, 6.07) is 5.36. The smallest absolute Gasteiger partial charge is 0.277 e. The molecule has 0 saturated carbocycles. The monoisotopic (exact) mass is 390 g/mol. The zero-order valence-corrected chi connectivity index (χ0v) is 15.2. The van der Waals surface area contributed by atoms with Gasteiger partial charge in [0.05, 0.1) is 11.7 Å². The van der Waals surface area contributed by atoms with Crippen molar-refractivity contribution in [3.8, 4) is 23.0 Å². The van der Waals surface area contributed by atoms with Crippen molar-refractivity contribution in [3.05, 3.63) is 18.2 Å². The molecule has 4 rings (SSSR count). The Morgan fingerprint density at radius 1 is 1.26 bits per heavy atom. The van der Waals surface area contributed by atoms with Crippen molar-refractivity contribution >= 4 is 23.6 Å². The van der Waals surface area contributed by atoms with Crippen LogP contribution in [-0.4, -0.2) is 52.5 Å². The average Bonchev–Trinajstić information content (AvgIpc) is 3.34. The number of hydrogen-bond donors (Lipinski definition) is 1. The van der Waals surface area contributed by atoms with Gasteiger partial charge in [0.25, 0.3) is 5.22 Å². The van der Waals surface area contributed by atoms with Crippen molar-refractivity contribution in [2.75, 3.05) is 25.6 Å². The maximum absolute atomic E-state index is 12.4. The van der Waals surface area contributed by atoms with Crippen molar-refractivity contribution in [1.29, 1.82) is 0 Å². The number of thioether (sulfide) groups is 1. The highest BCUT2D eigenvalue weighted by Gasteiger charge is 2.27. The lowest BCUT2D eigenvalue weighted by molar-refractivity contribution is -0.132. The van der Waals surface area contributed by atoms with E-state index in [2.05, 4.69) is 10.2 Å². The van der Waals surface area contributed by atoms with Gasteiger partial charge in [0.15, 0.2) is 11.5 Å². The molecular formula is C17H18N4O5S. The van der Waals surface area contributed by atoms with E-state index < -0.39 is 0 Å². The lowest BCUT2D eigenvalue weighted by Crippen LogP contribution is -2.44. The summed E-state index contributed by atoms with van der Waals surface area (Å²) in [5.41, 5.74) is 6.07. The molecule has 1 unspecified atom stereocenters. The fraction of sp³-hybridized carbons (Fsp3) is 0.412. The molecule has 2 aliphatic heterocycles. The molecule has 142 valence electrons. The molecule has 2 N–H and O–H groups in total. The summed E-state index contributed by atoms with van der Waals surface area (Å²) in [6.45, 7) is 1.20. The zero-order valence-electron chi connectivity index (χ0n) is 14.4. The molecule has 1 fully saturated rings. The van der Waals surface area contributed by atoms with Crippen LogP contribution >= 0.6 is 11.8 Å². The number of nitrogens with zero attached hydrogens (tertiary/aromatic N) is 3. The lowest BCUT2D eigenvalue weighted by Gasteiger charge is -2.31. The van der Waals surface area contributed by atoms with Gasteiger partial charge in [0, 0.05) is 18.7 Å². The summed E-state index contributed by atoms with van der Waals surface area (Å²) in [5.74, 6) is 1.11. The summed E-state index contributed by atoms with van der Waals surface area (Å²) in [4.78, 5) is 25.4. The fourth-order valence-electron chi connectivity index (χ4n) is 3.06. The zero-order chi connectivity index (χ0) is 18.8. The molecule has 0 bridgehead atoms. The SMILES string of the molecule is NC(=O)C1CCCN(C(=O)CSc2nnc(-c3ccc4c(c3)OCO4)o2)C1. The summed E-state index contributed by atoms with van der Waals surface area (Å²) in [7, 11) is 0. The van der Waals surface area contributed by atoms with Crippen LogP contribution in [0.25, 0.3) is 11.5 Å². The molecule has 1 saturated heterocycles. The Bertz CT molecular complexity index is 871. The summed E-state index contributed by atoms with van der Waals surface area (Å²) in [6.07, 6.45) is 1.51. The quantitative estimate of drug-likeness (QED) is 0.758. The molecule has 0 spiro atoms. The third-order valence-electron chi connectivity index (χ3n) is 4.52. The number of aromatic nitrogens is 2. The van der Waals surface area contributed by atoms with Crippen molar-refractivity contribution in [2.24, 2.45) is 11.7 Å². The Kier molecular flexibility index (Phi) is 4.88. The van der Waals surface area contributed by atoms with E-state index in [1.807, 2.05) is 0 Å². The first-order valence-electron chi connectivity index (χ1n) is 8.53. The maximum atomic E-state index is 12.4. The number of carbonyl (C=O) groups is 2. The Morgan fingerprint density at radius 3 is 2.96 bits per heavy atom. The molecule has 2 aromatic rings. The van der Waals surface area contributed by atoms with Gasteiger partial charge in [0.1, 0.15) is 0 Å². The summed E-state index contributed by atoms with van der Waals surface area (Å²) in [5, 5.41) is 8.30. The van der Waals surface area contributed by atoms with Crippen LogP contribution in [0.15, 0.2) is 27.8 Å². The van der Waals surface area contributed by atoms with E-state index >= 15 is 0 Å². The van der Waals surface area contributed by atoms with Crippen molar-refractivity contribution in [1.82, 2.24) is 15.1 Å². The van der Waals surface area contributed by atoms with E-state index in [0.29, 0.717) is 41.3 Å². The molecule has 9 nitrogen and oxygen atoms in total. The predicted molar refractivity (Wildman–Crippen MR) is 95.1 cm³/mol. The summed E-state index contributed by atoms with van der Waals surface area (Å²) < 4.78 is 16.2. The molecule has 1 atom stereocenters. The van der Waals surface area contributed by atoms with Crippen LogP contribution in [0.1, 0.15) is 12.8 Å². The number of rotatable bonds is 5. The minimum absolute atomic E-state index is 0.0752. The first-order chi connectivity index (χ1) is 13.1. The first-order valence-corrected chi connectivity index (χ1v) is 9.52. The maximum Gasteiger partial charge on any atom is 0.277 e. The number of hydrogen-bond acceptors (Lipinski definition) is 8. The van der Waals surface area contributed by atoms with Crippen LogP contribution in [0.5, 0.6) is 11.5 Å². The molecule has 0 aliphatic carbocycles. The van der Waals surface area contributed by atoms with Crippen LogP contribution in [0.3, 0.4) is 0 Å². The number of piperidine rings is 1. The van der Waals surface area contributed by atoms with Crippen LogP contribution in [0.4, 0.5) is 0 Å². The number of nitrogens with two attached hydrogens (primary N) is 1. The standard InChI is InChI=1S/C17H18N4O5S/c18-15(23)11-2-1-5-21(7-11)14(22)8-27-17-20-19-16(26-17)10-3-4-12-13(6-10)25-9-24-12/h3-4,6,11H,1-2,5,7-9H2,(H2,18,23). The van der Waals surface area contributed by atoms with Crippen LogP contribution in [0.2, 0.25) is 0 Å². The molecule has 0 radical (unpaired) electrons. The van der Waals surface area contributed by atoms with Gasteiger partial charge in [-0.1, -0.05) is 11.8 Å². The van der Waals surface area contributed by atoms with Crippen molar-refractivity contribution < 1.29 is 23.5 Å². The van der Waals surface area contributed by atoms with Gasteiger partial charge in [-0.05, 0) is 31.0 Å². The third-order valence-corrected chi connectivity index (χ3v) is 5.32. The van der Waals surface area contributed by atoms with Gasteiger partial charge in [0.2, 0.25) is 24.5 Å². The average molecular weight is 390 g/mol. The van der Waals surface area contributed by atoms with E-state index in [1.54, 1.807) is 23.1 Å². The normalized spacial score (nSPS) is 18.5. The van der Waals surface area contributed by atoms with Gasteiger partial charge in [-0.2, -0.15) is 0 Å². The van der Waals surface area contributed by atoms with E-state index in [-0.39, 0.29) is 30.3 Å². The van der Waals surface area contributed by atoms with Gasteiger partial charge >= 0.3 is 0 Å². The van der Waals surface area contributed by atoms with E-state index in [1.165, 1.54) is 11.8 Å². The van der Waals surface area contributed by atoms with Gasteiger partial charge in [-0.15, -0.1) is 10.2 Å². The highest BCUT2D eigenvalue weighted by Crippen LogP contribution is 2.36. The second-order valence-electron chi connectivity index (χ2n) is 6.31. The number of benzene rings is 1. The largest absolute Gasteiger partial charge is 0.454 e. The molecule has 2 amide bonds. The fourth-order valence-corrected chi connectivity index (χ4v) is 3.73. The minimum Gasteiger partial charge on any atom is -0.454 e. The highest BCUT2D eigenvalue weighted by molar-refractivity contribution is 7.99. The first kappa shape index (κ1) is 17.7. The number of fused-ring (bicyclic) bond motifs is 1. The molecular weight excluding hydrogens is 372 g/mol. The Balaban J connectivity index is 1.35. The van der Waals surface area contributed by atoms with E-state index in [4.69, 9.17) is 19.6 Å². The molecule has 10 heteroatoms. The second kappa shape index (κ2) is 7.47.